The van der Waals surface area contributed by atoms with Crippen LogP contribution in [0.3, 0.4) is 0 Å². The van der Waals surface area contributed by atoms with Crippen molar-refractivity contribution in [3.8, 4) is 0 Å². The highest BCUT2D eigenvalue weighted by Crippen LogP contribution is 2.31. The van der Waals surface area contributed by atoms with Crippen molar-refractivity contribution < 1.29 is 28.2 Å². The summed E-state index contributed by atoms with van der Waals surface area (Å²) in [5.74, 6) is -1.27. The largest absolute Gasteiger partial charge is 0.481 e. The van der Waals surface area contributed by atoms with Gasteiger partial charge in [-0.2, -0.15) is 13.2 Å². The Kier molecular flexibility index (Phi) is 4.31. The number of benzene rings is 1. The first-order valence-corrected chi connectivity index (χ1v) is 5.04. The van der Waals surface area contributed by atoms with Crippen molar-refractivity contribution in [2.24, 2.45) is 5.73 Å². The number of aliphatic hydroxyl groups excluding tert-OH is 1. The van der Waals surface area contributed by atoms with Crippen molar-refractivity contribution in [2.45, 2.75) is 24.7 Å². The van der Waals surface area contributed by atoms with Gasteiger partial charge in [-0.25, -0.2) is 0 Å². The number of carboxylic acid groups (broad SMARTS) is 1. The maximum atomic E-state index is 12.4. The first-order chi connectivity index (χ1) is 8.21. The van der Waals surface area contributed by atoms with Crippen LogP contribution in [0.1, 0.15) is 23.6 Å². The molecule has 0 bridgehead atoms. The monoisotopic (exact) mass is 263 g/mol. The minimum Gasteiger partial charge on any atom is -0.481 e. The summed E-state index contributed by atoms with van der Waals surface area (Å²) < 4.78 is 37.3. The minimum atomic E-state index is -4.51. The molecule has 4 nitrogen and oxygen atoms in total. The van der Waals surface area contributed by atoms with E-state index in [-0.39, 0.29) is 5.56 Å². The topological polar surface area (TPSA) is 83.5 Å². The van der Waals surface area contributed by atoms with E-state index in [9.17, 15) is 23.1 Å². The van der Waals surface area contributed by atoms with E-state index < -0.39 is 36.3 Å². The van der Waals surface area contributed by atoms with E-state index in [1.165, 1.54) is 6.07 Å². The molecule has 0 spiro atoms. The van der Waals surface area contributed by atoms with Gasteiger partial charge in [0.15, 0.2) is 0 Å². The van der Waals surface area contributed by atoms with E-state index in [1.807, 2.05) is 0 Å². The molecule has 1 aromatic rings. The Labute approximate surface area is 101 Å². The van der Waals surface area contributed by atoms with Gasteiger partial charge in [0.05, 0.1) is 24.1 Å². The van der Waals surface area contributed by atoms with Crippen LogP contribution in [0.4, 0.5) is 13.2 Å². The Balaban J connectivity index is 2.93. The highest BCUT2D eigenvalue weighted by molar-refractivity contribution is 5.67. The molecule has 18 heavy (non-hydrogen) atoms. The number of halogens is 3. The molecule has 1 aromatic carbocycles. The van der Waals surface area contributed by atoms with E-state index in [0.717, 1.165) is 18.2 Å². The second kappa shape index (κ2) is 5.36. The van der Waals surface area contributed by atoms with Crippen LogP contribution in [0.2, 0.25) is 0 Å². The highest BCUT2D eigenvalue weighted by Gasteiger charge is 2.31. The fraction of sp³-hybridized carbons (Fsp3) is 0.364. The molecule has 2 atom stereocenters. The molecule has 0 saturated carbocycles. The van der Waals surface area contributed by atoms with Gasteiger partial charge in [0.25, 0.3) is 0 Å². The van der Waals surface area contributed by atoms with E-state index >= 15 is 0 Å². The number of rotatable bonds is 4. The van der Waals surface area contributed by atoms with Crippen LogP contribution in [0.25, 0.3) is 0 Å². The van der Waals surface area contributed by atoms with Crippen LogP contribution in [-0.2, 0) is 11.0 Å². The number of aliphatic carboxylic acids is 1. The third-order valence-electron chi connectivity index (χ3n) is 2.40. The molecule has 0 fully saturated rings. The SMILES string of the molecule is N[C@@H](c1cccc(C(F)(F)F)c1)[C@H](O)CC(=O)O. The van der Waals surface area contributed by atoms with Crippen LogP contribution in [0.5, 0.6) is 0 Å². The molecule has 0 aliphatic heterocycles. The maximum absolute atomic E-state index is 12.4. The van der Waals surface area contributed by atoms with Gasteiger partial charge < -0.3 is 15.9 Å². The molecule has 0 radical (unpaired) electrons. The van der Waals surface area contributed by atoms with Crippen molar-refractivity contribution in [3.05, 3.63) is 35.4 Å². The molecule has 0 unspecified atom stereocenters. The van der Waals surface area contributed by atoms with Crippen molar-refractivity contribution in [1.82, 2.24) is 0 Å². The molecule has 4 N–H and O–H groups in total. The first-order valence-electron chi connectivity index (χ1n) is 5.04. The van der Waals surface area contributed by atoms with Gasteiger partial charge in [-0.05, 0) is 17.7 Å². The summed E-state index contributed by atoms with van der Waals surface area (Å²) in [6, 6.07) is 2.97. The standard InChI is InChI=1S/C11H12F3NO3/c12-11(13,14)7-3-1-2-6(4-7)10(15)8(16)5-9(17)18/h1-4,8,10,16H,5,15H2,(H,17,18)/t8-,10+/m1/s1. The molecule has 0 aliphatic rings. The third-order valence-corrected chi connectivity index (χ3v) is 2.40. The summed E-state index contributed by atoms with van der Waals surface area (Å²) in [7, 11) is 0. The summed E-state index contributed by atoms with van der Waals surface area (Å²) in [5.41, 5.74) is 4.67. The number of carboxylic acids is 1. The molecule has 7 heteroatoms. The fourth-order valence-corrected chi connectivity index (χ4v) is 1.45. The number of alkyl halides is 3. The number of carbonyl (C=O) groups is 1. The van der Waals surface area contributed by atoms with E-state index in [0.29, 0.717) is 0 Å². The van der Waals surface area contributed by atoms with Crippen molar-refractivity contribution >= 4 is 5.97 Å². The zero-order valence-electron chi connectivity index (χ0n) is 9.19. The van der Waals surface area contributed by atoms with Crippen LogP contribution < -0.4 is 5.73 Å². The minimum absolute atomic E-state index is 0.0403. The molecule has 0 aliphatic carbocycles. The Hall–Kier alpha value is -1.60. The quantitative estimate of drug-likeness (QED) is 0.769. The van der Waals surface area contributed by atoms with E-state index in [1.54, 1.807) is 0 Å². The molecule has 1 rings (SSSR count). The van der Waals surface area contributed by atoms with Crippen LogP contribution >= 0.6 is 0 Å². The average Bonchev–Trinajstić information content (AvgIpc) is 2.26. The van der Waals surface area contributed by atoms with Gasteiger partial charge in [0, 0.05) is 0 Å². The fourth-order valence-electron chi connectivity index (χ4n) is 1.45. The molecular formula is C11H12F3NO3. The Morgan fingerprint density at radius 3 is 2.50 bits per heavy atom. The normalized spacial score (nSPS) is 15.2. The molecule has 0 heterocycles. The van der Waals surface area contributed by atoms with Gasteiger partial charge in [0.1, 0.15) is 0 Å². The predicted molar refractivity (Wildman–Crippen MR) is 56.6 cm³/mol. The summed E-state index contributed by atoms with van der Waals surface area (Å²) >= 11 is 0. The number of hydrogen-bond acceptors (Lipinski definition) is 3. The van der Waals surface area contributed by atoms with Crippen LogP contribution in [0, 0.1) is 0 Å². The van der Waals surface area contributed by atoms with Crippen molar-refractivity contribution in [1.29, 1.82) is 0 Å². The van der Waals surface area contributed by atoms with Gasteiger partial charge in [-0.15, -0.1) is 0 Å². The lowest BCUT2D eigenvalue weighted by molar-refractivity contribution is -0.140. The summed E-state index contributed by atoms with van der Waals surface area (Å²) in [5, 5.41) is 17.9. The lowest BCUT2D eigenvalue weighted by atomic mass is 9.98. The van der Waals surface area contributed by atoms with Crippen LogP contribution in [-0.4, -0.2) is 22.3 Å². The summed E-state index contributed by atoms with van der Waals surface area (Å²) in [6.45, 7) is 0. The second-order valence-corrected chi connectivity index (χ2v) is 3.81. The smallest absolute Gasteiger partial charge is 0.416 e. The Morgan fingerprint density at radius 2 is 2.00 bits per heavy atom. The molecular weight excluding hydrogens is 251 g/mol. The first kappa shape index (κ1) is 14.5. The lowest BCUT2D eigenvalue weighted by Crippen LogP contribution is -2.28. The van der Waals surface area contributed by atoms with Crippen molar-refractivity contribution in [3.63, 3.8) is 0 Å². The van der Waals surface area contributed by atoms with Gasteiger partial charge >= 0.3 is 12.1 Å². The predicted octanol–water partition coefficient (Wildman–Crippen LogP) is 1.54. The maximum Gasteiger partial charge on any atom is 0.416 e. The Bertz CT molecular complexity index is 434. The lowest BCUT2D eigenvalue weighted by Gasteiger charge is -2.18. The number of hydrogen-bond donors (Lipinski definition) is 3. The average molecular weight is 263 g/mol. The van der Waals surface area contributed by atoms with Crippen LogP contribution in [0.15, 0.2) is 24.3 Å². The Morgan fingerprint density at radius 1 is 1.39 bits per heavy atom. The molecule has 0 saturated heterocycles. The molecule has 0 amide bonds. The zero-order valence-corrected chi connectivity index (χ0v) is 9.19. The van der Waals surface area contributed by atoms with Gasteiger partial charge in [-0.3, -0.25) is 4.79 Å². The van der Waals surface area contributed by atoms with E-state index in [2.05, 4.69) is 0 Å². The molecule has 100 valence electrons. The summed E-state index contributed by atoms with van der Waals surface area (Å²) in [4.78, 5) is 10.4. The summed E-state index contributed by atoms with van der Waals surface area (Å²) in [6.07, 6.45) is -6.57. The molecule has 0 aromatic heterocycles. The third kappa shape index (κ3) is 3.71. The van der Waals surface area contributed by atoms with Gasteiger partial charge in [0.2, 0.25) is 0 Å². The highest BCUT2D eigenvalue weighted by atomic mass is 19.4. The number of aliphatic hydroxyl groups is 1. The van der Waals surface area contributed by atoms with E-state index in [4.69, 9.17) is 10.8 Å². The zero-order chi connectivity index (χ0) is 13.9. The second-order valence-electron chi connectivity index (χ2n) is 3.81. The van der Waals surface area contributed by atoms with Gasteiger partial charge in [-0.1, -0.05) is 12.1 Å². The van der Waals surface area contributed by atoms with Crippen molar-refractivity contribution in [2.75, 3.05) is 0 Å². The number of nitrogens with two attached hydrogens (primary N) is 1.